The smallest absolute Gasteiger partial charge is 0.414 e. The molecular formula is C26H32N2O9S. The van der Waals surface area contributed by atoms with E-state index in [2.05, 4.69) is 11.4 Å². The second-order valence-corrected chi connectivity index (χ2v) is 10.9. The first-order valence-corrected chi connectivity index (χ1v) is 13.7. The highest BCUT2D eigenvalue weighted by Gasteiger charge is 2.40. The molecule has 2 aliphatic rings. The topological polar surface area (TPSA) is 160 Å². The Morgan fingerprint density at radius 3 is 2.47 bits per heavy atom. The minimum Gasteiger partial charge on any atom is -0.487 e. The minimum atomic E-state index is -3.72. The van der Waals surface area contributed by atoms with Gasteiger partial charge in [0, 0.05) is 13.1 Å². The number of benzene rings is 2. The molecule has 2 heterocycles. The Kier molecular flexibility index (Phi) is 9.70. The van der Waals surface area contributed by atoms with E-state index >= 15 is 0 Å². The Bertz CT molecular complexity index is 1270. The number of para-hydroxylation sites is 1. The second-order valence-electron chi connectivity index (χ2n) is 9.09. The van der Waals surface area contributed by atoms with Gasteiger partial charge in [0.2, 0.25) is 0 Å². The van der Waals surface area contributed by atoms with Gasteiger partial charge in [-0.05, 0) is 69.8 Å². The molecule has 0 fully saturated rings. The number of aliphatic carboxylic acids is 2. The van der Waals surface area contributed by atoms with E-state index < -0.39 is 27.9 Å². The summed E-state index contributed by atoms with van der Waals surface area (Å²) in [6, 6.07) is 12.4. The van der Waals surface area contributed by atoms with Crippen molar-refractivity contribution in [1.82, 2.24) is 9.62 Å². The van der Waals surface area contributed by atoms with Crippen molar-refractivity contribution in [2.24, 2.45) is 0 Å². The fourth-order valence-corrected chi connectivity index (χ4v) is 5.75. The number of ether oxygens (including phenoxy) is 2. The molecule has 0 aliphatic carbocycles. The third-order valence-electron chi connectivity index (χ3n) is 5.88. The Morgan fingerprint density at radius 1 is 1.11 bits per heavy atom. The number of nitrogens with one attached hydrogen (secondary N) is 1. The standard InChI is InChI=1S/C24H30N2O5S.C2H2O4/c1-17(2)30-21-10-7-8-18-12-13-19(31-23(18)21)16-25-14-5-6-15-26-24(27)20-9-3-4-11-22(20)32(26,28)29;3-1(4)2(5)6/h3-4,7-11,17,19,25H,5-6,12-16H2,1-2H3;(H,3,4)(H,5,6). The summed E-state index contributed by atoms with van der Waals surface area (Å²) < 4.78 is 38.3. The number of hydrogen-bond acceptors (Lipinski definition) is 8. The number of fused-ring (bicyclic) bond motifs is 2. The van der Waals surface area contributed by atoms with Crippen LogP contribution in [-0.4, -0.2) is 72.6 Å². The number of amides is 1. The fraction of sp³-hybridized carbons (Fsp3) is 0.423. The van der Waals surface area contributed by atoms with Crippen LogP contribution in [0.4, 0.5) is 0 Å². The Balaban J connectivity index is 0.000000599. The molecule has 0 spiro atoms. The first kappa shape index (κ1) is 28.9. The molecule has 2 aromatic carbocycles. The molecule has 206 valence electrons. The van der Waals surface area contributed by atoms with E-state index in [1.54, 1.807) is 18.2 Å². The first-order valence-electron chi connectivity index (χ1n) is 12.3. The highest BCUT2D eigenvalue weighted by Crippen LogP contribution is 2.37. The van der Waals surface area contributed by atoms with Crippen LogP contribution in [0.1, 0.15) is 49.0 Å². The highest BCUT2D eigenvalue weighted by molar-refractivity contribution is 7.90. The van der Waals surface area contributed by atoms with Crippen LogP contribution in [-0.2, 0) is 26.0 Å². The van der Waals surface area contributed by atoms with E-state index in [-0.39, 0.29) is 29.2 Å². The van der Waals surface area contributed by atoms with Crippen LogP contribution in [0, 0.1) is 0 Å². The van der Waals surface area contributed by atoms with Gasteiger partial charge in [-0.25, -0.2) is 22.3 Å². The van der Waals surface area contributed by atoms with Crippen molar-refractivity contribution in [2.75, 3.05) is 19.6 Å². The summed E-state index contributed by atoms with van der Waals surface area (Å²) in [5.74, 6) is -2.44. The number of nitrogens with zero attached hydrogens (tertiary/aromatic N) is 1. The molecule has 11 nitrogen and oxygen atoms in total. The van der Waals surface area contributed by atoms with Crippen molar-refractivity contribution in [3.63, 3.8) is 0 Å². The first-order chi connectivity index (χ1) is 18.0. The van der Waals surface area contributed by atoms with E-state index in [1.807, 2.05) is 26.0 Å². The summed E-state index contributed by atoms with van der Waals surface area (Å²) in [4.78, 5) is 30.7. The van der Waals surface area contributed by atoms with Crippen LogP contribution in [0.25, 0.3) is 0 Å². The van der Waals surface area contributed by atoms with E-state index in [4.69, 9.17) is 29.3 Å². The van der Waals surface area contributed by atoms with Gasteiger partial charge in [0.25, 0.3) is 15.9 Å². The normalized spacial score (nSPS) is 17.1. The number of carboxylic acid groups (broad SMARTS) is 2. The number of sulfonamides is 1. The van der Waals surface area contributed by atoms with Crippen molar-refractivity contribution in [3.8, 4) is 11.5 Å². The summed E-state index contributed by atoms with van der Waals surface area (Å²) in [6.07, 6.45) is 3.40. The van der Waals surface area contributed by atoms with Crippen LogP contribution in [0.15, 0.2) is 47.4 Å². The molecule has 38 heavy (non-hydrogen) atoms. The largest absolute Gasteiger partial charge is 0.487 e. The second kappa shape index (κ2) is 12.7. The van der Waals surface area contributed by atoms with Crippen LogP contribution < -0.4 is 14.8 Å². The van der Waals surface area contributed by atoms with Gasteiger partial charge in [0.1, 0.15) is 11.0 Å². The molecule has 4 rings (SSSR count). The summed E-state index contributed by atoms with van der Waals surface area (Å²) in [6.45, 7) is 5.64. The van der Waals surface area contributed by atoms with Gasteiger partial charge in [-0.15, -0.1) is 0 Å². The molecule has 2 aliphatic heterocycles. The summed E-state index contributed by atoms with van der Waals surface area (Å²) in [5, 5.41) is 18.2. The number of rotatable bonds is 9. The zero-order valence-corrected chi connectivity index (χ0v) is 22.1. The molecule has 0 radical (unpaired) electrons. The zero-order chi connectivity index (χ0) is 27.9. The van der Waals surface area contributed by atoms with Crippen molar-refractivity contribution in [3.05, 3.63) is 53.6 Å². The number of carbonyl (C=O) groups is 3. The molecule has 0 bridgehead atoms. The van der Waals surface area contributed by atoms with Gasteiger partial charge < -0.3 is 25.0 Å². The molecule has 3 N–H and O–H groups in total. The van der Waals surface area contributed by atoms with Crippen molar-refractivity contribution < 1.29 is 42.5 Å². The highest BCUT2D eigenvalue weighted by atomic mass is 32.2. The van der Waals surface area contributed by atoms with Crippen LogP contribution in [0.2, 0.25) is 0 Å². The maximum Gasteiger partial charge on any atom is 0.414 e. The number of hydrogen-bond donors (Lipinski definition) is 3. The van der Waals surface area contributed by atoms with Crippen LogP contribution in [0.5, 0.6) is 11.5 Å². The Morgan fingerprint density at radius 2 is 1.82 bits per heavy atom. The number of carbonyl (C=O) groups excluding carboxylic acids is 1. The summed E-state index contributed by atoms with van der Waals surface area (Å²) >= 11 is 0. The van der Waals surface area contributed by atoms with Crippen molar-refractivity contribution >= 4 is 27.9 Å². The zero-order valence-electron chi connectivity index (χ0n) is 21.3. The molecule has 12 heteroatoms. The van der Waals surface area contributed by atoms with E-state index in [0.717, 1.165) is 41.6 Å². The van der Waals surface area contributed by atoms with Crippen molar-refractivity contribution in [1.29, 1.82) is 0 Å². The Hall–Kier alpha value is -3.64. The lowest BCUT2D eigenvalue weighted by molar-refractivity contribution is -0.159. The molecule has 1 unspecified atom stereocenters. The molecule has 0 saturated carbocycles. The Labute approximate surface area is 221 Å². The lowest BCUT2D eigenvalue weighted by Gasteiger charge is -2.28. The lowest BCUT2D eigenvalue weighted by Crippen LogP contribution is -2.35. The molecule has 1 amide bonds. The average Bonchev–Trinajstić information content (AvgIpc) is 3.06. The molecule has 0 aromatic heterocycles. The summed E-state index contributed by atoms with van der Waals surface area (Å²) in [7, 11) is -3.72. The quantitative estimate of drug-likeness (QED) is 0.314. The predicted octanol–water partition coefficient (Wildman–Crippen LogP) is 2.54. The van der Waals surface area contributed by atoms with Crippen LogP contribution >= 0.6 is 0 Å². The predicted molar refractivity (Wildman–Crippen MR) is 137 cm³/mol. The maximum atomic E-state index is 12.6. The molecular weight excluding hydrogens is 516 g/mol. The third-order valence-corrected chi connectivity index (χ3v) is 7.72. The van der Waals surface area contributed by atoms with Gasteiger partial charge in [-0.3, -0.25) is 4.79 Å². The van der Waals surface area contributed by atoms with Gasteiger partial charge in [0.05, 0.1) is 11.7 Å². The minimum absolute atomic E-state index is 0.0643. The van der Waals surface area contributed by atoms with Gasteiger partial charge in [0.15, 0.2) is 11.5 Å². The third kappa shape index (κ3) is 7.01. The van der Waals surface area contributed by atoms with Crippen LogP contribution in [0.3, 0.4) is 0 Å². The number of unbranched alkanes of at least 4 members (excludes halogenated alkanes) is 1. The SMILES string of the molecule is CC(C)Oc1cccc2c1OC(CNCCCCN1C(=O)c3ccccc3S1(=O)=O)CC2.O=C(O)C(=O)O. The van der Waals surface area contributed by atoms with E-state index in [1.165, 1.54) is 11.6 Å². The summed E-state index contributed by atoms with van der Waals surface area (Å²) in [5.41, 5.74) is 1.44. The van der Waals surface area contributed by atoms with E-state index in [0.29, 0.717) is 13.0 Å². The maximum absolute atomic E-state index is 12.6. The molecule has 1 atom stereocenters. The van der Waals surface area contributed by atoms with Crippen molar-refractivity contribution in [2.45, 2.75) is 56.6 Å². The van der Waals surface area contributed by atoms with E-state index in [9.17, 15) is 13.2 Å². The number of aryl methyl sites for hydroxylation is 1. The average molecular weight is 549 g/mol. The fourth-order valence-electron chi connectivity index (χ4n) is 4.15. The van der Waals surface area contributed by atoms with Gasteiger partial charge >= 0.3 is 11.9 Å². The molecule has 2 aromatic rings. The molecule has 0 saturated heterocycles. The van der Waals surface area contributed by atoms with Gasteiger partial charge in [-0.2, -0.15) is 0 Å². The number of carboxylic acids is 2. The van der Waals surface area contributed by atoms with Gasteiger partial charge in [-0.1, -0.05) is 24.3 Å². The lowest BCUT2D eigenvalue weighted by atomic mass is 10.0. The monoisotopic (exact) mass is 548 g/mol.